The molecule has 11 nitrogen and oxygen atoms in total. The fourth-order valence-corrected chi connectivity index (χ4v) is 7.61. The quantitative estimate of drug-likeness (QED) is 0.0885. The lowest BCUT2D eigenvalue weighted by atomic mass is 9.54. The molecule has 0 aromatic rings. The van der Waals surface area contributed by atoms with E-state index < -0.39 is 12.1 Å². The van der Waals surface area contributed by atoms with Crippen molar-refractivity contribution in [3.63, 3.8) is 0 Å². The van der Waals surface area contributed by atoms with E-state index in [1.165, 1.54) is 32.1 Å². The fourth-order valence-electron chi connectivity index (χ4n) is 7.61. The second-order valence-corrected chi connectivity index (χ2v) is 13.2. The number of rotatable bonds is 22. The van der Waals surface area contributed by atoms with Gasteiger partial charge >= 0.3 is 0 Å². The average Bonchev–Trinajstić information content (AvgIpc) is 2.96. The Morgan fingerprint density at radius 1 is 0.667 bits per heavy atom. The molecule has 42 heavy (non-hydrogen) atoms. The van der Waals surface area contributed by atoms with Crippen LogP contribution in [0.15, 0.2) is 0 Å². The van der Waals surface area contributed by atoms with Gasteiger partial charge in [-0.25, -0.2) is 0 Å². The van der Waals surface area contributed by atoms with Crippen molar-refractivity contribution >= 4 is 17.7 Å². The van der Waals surface area contributed by atoms with Crippen molar-refractivity contribution in [2.75, 3.05) is 45.8 Å². The van der Waals surface area contributed by atoms with Crippen LogP contribution in [0, 0.1) is 23.7 Å². The molecule has 11 N–H and O–H groups in total. The molecule has 4 saturated carbocycles. The van der Waals surface area contributed by atoms with Crippen LogP contribution in [-0.4, -0.2) is 86.6 Å². The van der Waals surface area contributed by atoms with E-state index in [9.17, 15) is 14.4 Å². The highest BCUT2D eigenvalue weighted by Crippen LogP contribution is 2.53. The maximum Gasteiger partial charge on any atom is 0.236 e. The number of nitrogens with zero attached hydrogens (tertiary/aromatic N) is 1. The molecule has 4 bridgehead atoms. The van der Waals surface area contributed by atoms with Gasteiger partial charge in [0.1, 0.15) is 0 Å². The van der Waals surface area contributed by atoms with Crippen molar-refractivity contribution in [2.24, 2.45) is 46.6 Å². The first-order chi connectivity index (χ1) is 20.3. The van der Waals surface area contributed by atoms with Crippen molar-refractivity contribution in [1.82, 2.24) is 20.9 Å². The Morgan fingerprint density at radius 3 is 1.64 bits per heavy atom. The van der Waals surface area contributed by atoms with Crippen LogP contribution in [0.2, 0.25) is 0 Å². The van der Waals surface area contributed by atoms with Crippen molar-refractivity contribution in [2.45, 2.75) is 108 Å². The Hall–Kier alpha value is -1.79. The molecule has 0 radical (unpaired) electrons. The van der Waals surface area contributed by atoms with Gasteiger partial charge in [0.25, 0.3) is 0 Å². The van der Waals surface area contributed by atoms with E-state index in [1.807, 2.05) is 0 Å². The molecule has 0 aromatic carbocycles. The lowest BCUT2D eigenvalue weighted by Gasteiger charge is -2.54. The molecule has 0 heterocycles. The molecule has 0 aromatic heterocycles. The predicted octanol–water partition coefficient (Wildman–Crippen LogP) is 0.545. The van der Waals surface area contributed by atoms with Gasteiger partial charge in [-0.15, -0.1) is 0 Å². The Morgan fingerprint density at radius 2 is 1.14 bits per heavy atom. The van der Waals surface area contributed by atoms with Crippen LogP contribution in [0.3, 0.4) is 0 Å². The zero-order chi connectivity index (χ0) is 30.3. The number of hydrogen-bond acceptors (Lipinski definition) is 8. The summed E-state index contributed by atoms with van der Waals surface area (Å²) in [5.74, 6) is 2.84. The van der Waals surface area contributed by atoms with E-state index >= 15 is 0 Å². The average molecular weight is 593 g/mol. The summed E-state index contributed by atoms with van der Waals surface area (Å²) in [6.07, 6.45) is 13.7. The Kier molecular flexibility index (Phi) is 15.5. The lowest BCUT2D eigenvalue weighted by Crippen LogP contribution is -2.57. The van der Waals surface area contributed by atoms with Gasteiger partial charge < -0.3 is 38.9 Å². The zero-order valence-electron chi connectivity index (χ0n) is 25.9. The summed E-state index contributed by atoms with van der Waals surface area (Å²) in [6.45, 7) is 3.95. The van der Waals surface area contributed by atoms with Gasteiger partial charge in [-0.05, 0) is 107 Å². The third-order valence-electron chi connectivity index (χ3n) is 9.68. The van der Waals surface area contributed by atoms with Gasteiger partial charge in [-0.1, -0.05) is 19.3 Å². The molecule has 11 heteroatoms. The highest BCUT2D eigenvalue weighted by Gasteiger charge is 2.48. The summed E-state index contributed by atoms with van der Waals surface area (Å²) >= 11 is 0. The second kappa shape index (κ2) is 18.8. The highest BCUT2D eigenvalue weighted by atomic mass is 16.2. The summed E-state index contributed by atoms with van der Waals surface area (Å²) in [7, 11) is 0. The van der Waals surface area contributed by atoms with E-state index in [4.69, 9.17) is 22.9 Å². The van der Waals surface area contributed by atoms with E-state index in [1.54, 1.807) is 0 Å². The van der Waals surface area contributed by atoms with Gasteiger partial charge in [0.05, 0.1) is 18.6 Å². The standard InChI is InChI=1S/C31H60N8O3/c32-10-4-1-2-8-26(34)30(41)36-12-6-14-39(15-7-13-37-31(42)27(35)9-3-5-11-33)21-28(40)38-29-24-17-22-16-23(19-24)20-25(29)18-22/h22-27,29H,1-21,32-35H2,(H,36,41)(H,37,42)(H,38,40)/t22?,23?,24?,25?,26-,27-,29?/m0/s1. The normalized spacial score (nSPS) is 25.8. The van der Waals surface area contributed by atoms with Crippen molar-refractivity contribution in [3.8, 4) is 0 Å². The number of nitrogens with one attached hydrogen (secondary N) is 3. The number of carbonyl (C=O) groups is 3. The third-order valence-corrected chi connectivity index (χ3v) is 9.68. The van der Waals surface area contributed by atoms with E-state index in [0.717, 1.165) is 50.4 Å². The Labute approximate surface area is 253 Å². The number of nitrogens with two attached hydrogens (primary N) is 4. The molecule has 4 aliphatic rings. The van der Waals surface area contributed by atoms with Crippen LogP contribution >= 0.6 is 0 Å². The van der Waals surface area contributed by atoms with Crippen molar-refractivity contribution in [1.29, 1.82) is 0 Å². The maximum absolute atomic E-state index is 13.2. The molecule has 0 aliphatic heterocycles. The Balaban J connectivity index is 1.41. The van der Waals surface area contributed by atoms with Gasteiger partial charge in [-0.3, -0.25) is 19.3 Å². The molecular formula is C31H60N8O3. The number of carbonyl (C=O) groups excluding carboxylic acids is 3. The second-order valence-electron chi connectivity index (χ2n) is 13.2. The Bertz CT molecular complexity index is 800. The van der Waals surface area contributed by atoms with Gasteiger partial charge in [0.2, 0.25) is 17.7 Å². The van der Waals surface area contributed by atoms with Crippen LogP contribution in [0.5, 0.6) is 0 Å². The first-order valence-corrected chi connectivity index (χ1v) is 16.8. The molecular weight excluding hydrogens is 532 g/mol. The first kappa shape index (κ1) is 34.7. The minimum absolute atomic E-state index is 0.0852. The molecule has 4 rings (SSSR count). The third kappa shape index (κ3) is 11.7. The van der Waals surface area contributed by atoms with Crippen LogP contribution in [0.4, 0.5) is 0 Å². The molecule has 2 atom stereocenters. The molecule has 0 unspecified atom stereocenters. The minimum Gasteiger partial charge on any atom is -0.355 e. The minimum atomic E-state index is -0.518. The predicted molar refractivity (Wildman–Crippen MR) is 167 cm³/mol. The monoisotopic (exact) mass is 592 g/mol. The van der Waals surface area contributed by atoms with Gasteiger partial charge in [0, 0.05) is 32.2 Å². The van der Waals surface area contributed by atoms with Crippen LogP contribution < -0.4 is 38.9 Å². The molecule has 242 valence electrons. The van der Waals surface area contributed by atoms with Gasteiger partial charge in [0.15, 0.2) is 0 Å². The summed E-state index contributed by atoms with van der Waals surface area (Å²) in [5, 5.41) is 9.31. The van der Waals surface area contributed by atoms with Crippen LogP contribution in [0.1, 0.15) is 89.9 Å². The summed E-state index contributed by atoms with van der Waals surface area (Å²) in [4.78, 5) is 40.1. The topological polar surface area (TPSA) is 195 Å². The highest BCUT2D eigenvalue weighted by molar-refractivity contribution is 5.81. The molecule has 3 amide bonds. The van der Waals surface area contributed by atoms with Crippen LogP contribution in [-0.2, 0) is 14.4 Å². The smallest absolute Gasteiger partial charge is 0.236 e. The molecule has 0 spiro atoms. The lowest BCUT2D eigenvalue weighted by molar-refractivity contribution is -0.126. The SMILES string of the molecule is NCCCCC[C@H](N)C(=O)NCCCN(CCCNC(=O)[C@@H](N)CCCCN)CC(=O)NC1C2CC3CC(C2)CC1C3. The largest absolute Gasteiger partial charge is 0.355 e. The van der Waals surface area contributed by atoms with E-state index in [-0.39, 0.29) is 17.7 Å². The summed E-state index contributed by atoms with van der Waals surface area (Å²) in [6, 6.07) is -0.705. The molecule has 4 aliphatic carbocycles. The van der Waals surface area contributed by atoms with E-state index in [0.29, 0.717) is 83.0 Å². The fraction of sp³-hybridized carbons (Fsp3) is 0.903. The molecule has 0 saturated heterocycles. The zero-order valence-corrected chi connectivity index (χ0v) is 25.9. The number of amides is 3. The number of hydrogen-bond donors (Lipinski definition) is 7. The van der Waals surface area contributed by atoms with Crippen molar-refractivity contribution < 1.29 is 14.4 Å². The molecule has 4 fully saturated rings. The first-order valence-electron chi connectivity index (χ1n) is 16.8. The van der Waals surface area contributed by atoms with Crippen LogP contribution in [0.25, 0.3) is 0 Å². The number of unbranched alkanes of at least 4 members (excludes halogenated alkanes) is 3. The van der Waals surface area contributed by atoms with Gasteiger partial charge in [-0.2, -0.15) is 0 Å². The maximum atomic E-state index is 13.2. The summed E-state index contributed by atoms with van der Waals surface area (Å²) in [5.41, 5.74) is 23.1. The summed E-state index contributed by atoms with van der Waals surface area (Å²) < 4.78 is 0. The van der Waals surface area contributed by atoms with Crippen molar-refractivity contribution in [3.05, 3.63) is 0 Å². The van der Waals surface area contributed by atoms with E-state index in [2.05, 4.69) is 20.9 Å².